The van der Waals surface area contributed by atoms with E-state index in [9.17, 15) is 23.5 Å². The molecule has 1 N–H and O–H groups in total. The van der Waals surface area contributed by atoms with Crippen LogP contribution in [0.1, 0.15) is 99.5 Å². The van der Waals surface area contributed by atoms with Crippen LogP contribution in [0.25, 0.3) is 22.3 Å². The Balaban J connectivity index is 0.000000187. The number of benzene rings is 4. The van der Waals surface area contributed by atoms with Crippen molar-refractivity contribution in [1.29, 1.82) is 0 Å². The number of nitrogens with zero attached hydrogens (tertiary/aromatic N) is 2. The molecule has 0 saturated carbocycles. The molecule has 8 rings (SSSR count). The first-order valence-corrected chi connectivity index (χ1v) is 20.9. The van der Waals surface area contributed by atoms with Crippen molar-refractivity contribution in [3.8, 4) is 11.5 Å². The quantitative estimate of drug-likeness (QED) is 0.114. The number of ether oxygens (including phenoxy) is 3. The predicted octanol–water partition coefficient (Wildman–Crippen LogP) is 13.0. The van der Waals surface area contributed by atoms with Crippen LogP contribution in [0, 0.1) is 11.6 Å². The number of allylic oxidation sites excluding steroid dienone is 4. The summed E-state index contributed by atoms with van der Waals surface area (Å²) >= 11 is 12.6. The van der Waals surface area contributed by atoms with Gasteiger partial charge >= 0.3 is 11.9 Å². The second kappa shape index (κ2) is 20.5. The molecule has 2 aliphatic carbocycles. The Labute approximate surface area is 368 Å². The summed E-state index contributed by atoms with van der Waals surface area (Å²) in [5, 5.41) is 10.5. The first kappa shape index (κ1) is 43.7. The van der Waals surface area contributed by atoms with E-state index in [1.165, 1.54) is 36.7 Å². The monoisotopic (exact) mass is 874 g/mol. The number of esters is 1. The zero-order valence-electron chi connectivity index (χ0n) is 33.8. The fourth-order valence-corrected chi connectivity index (χ4v) is 7.93. The number of carboxylic acid groups (broad SMARTS) is 1. The third-order valence-corrected chi connectivity index (χ3v) is 11.0. The predicted molar refractivity (Wildman–Crippen MR) is 237 cm³/mol. The summed E-state index contributed by atoms with van der Waals surface area (Å²) in [7, 11) is 0. The third kappa shape index (κ3) is 10.9. The number of carboxylic acids is 1. The number of aromatic nitrogens is 2. The summed E-state index contributed by atoms with van der Waals surface area (Å²) in [6.45, 7) is 2.71. The molecule has 0 bridgehead atoms. The van der Waals surface area contributed by atoms with Crippen LogP contribution in [0.2, 0.25) is 10.0 Å². The highest BCUT2D eigenvalue weighted by atomic mass is 35.5. The lowest BCUT2D eigenvalue weighted by Crippen LogP contribution is -2.05. The molecule has 0 saturated heterocycles. The summed E-state index contributed by atoms with van der Waals surface area (Å²) in [5.41, 5.74) is 10.2. The van der Waals surface area contributed by atoms with Gasteiger partial charge in [-0.15, -0.1) is 0 Å². The molecule has 12 heteroatoms. The molecule has 0 spiro atoms. The van der Waals surface area contributed by atoms with E-state index in [-0.39, 0.29) is 23.2 Å². The number of hydrogen-bond donors (Lipinski definition) is 1. The summed E-state index contributed by atoms with van der Waals surface area (Å²) in [4.78, 5) is 31.9. The number of rotatable bonds is 13. The Kier molecular flexibility index (Phi) is 14.4. The van der Waals surface area contributed by atoms with Crippen LogP contribution < -0.4 is 9.47 Å². The van der Waals surface area contributed by atoms with Crippen molar-refractivity contribution in [3.63, 3.8) is 0 Å². The second-order valence-corrected chi connectivity index (χ2v) is 15.6. The standard InChI is InChI=1S/C26H23ClFNO3.C24H19ClFNO3/c1-2-31-26(30)19-12-18(14-29-15-19)22-4-3-5-23(22)24-13-20(27)8-11-25(24)32-16-17-6-9-21(28)10-7-17;25-18-6-9-23(30-14-15-4-7-19(26)8-5-15)22(11-18)21-3-1-2-20(21)16-10-17(24(28)29)13-27-12-16/h6-15H,2-5,16H2,1H3;4-13H,1-3,14H2,(H,28,29). The molecule has 0 fully saturated rings. The van der Waals surface area contributed by atoms with Gasteiger partial charge in [-0.1, -0.05) is 47.5 Å². The maximum absolute atomic E-state index is 13.2. The van der Waals surface area contributed by atoms with E-state index in [1.54, 1.807) is 61.8 Å². The van der Waals surface area contributed by atoms with Crippen molar-refractivity contribution in [2.24, 2.45) is 0 Å². The van der Waals surface area contributed by atoms with E-state index in [1.807, 2.05) is 30.3 Å². The first-order valence-electron chi connectivity index (χ1n) is 20.2. The van der Waals surface area contributed by atoms with Crippen molar-refractivity contribution in [2.75, 3.05) is 6.61 Å². The van der Waals surface area contributed by atoms with Crippen molar-refractivity contribution < 1.29 is 37.7 Å². The van der Waals surface area contributed by atoms with Crippen molar-refractivity contribution >= 4 is 57.4 Å². The lowest BCUT2D eigenvalue weighted by molar-refractivity contribution is 0.0525. The zero-order valence-corrected chi connectivity index (χ0v) is 35.3. The van der Waals surface area contributed by atoms with E-state index >= 15 is 0 Å². The topological polar surface area (TPSA) is 108 Å². The molecular weight excluding hydrogens is 833 g/mol. The van der Waals surface area contributed by atoms with Crippen LogP contribution in [0.4, 0.5) is 8.78 Å². The van der Waals surface area contributed by atoms with Gasteiger partial charge < -0.3 is 19.3 Å². The molecule has 8 nitrogen and oxygen atoms in total. The molecule has 6 aromatic rings. The number of carbonyl (C=O) groups is 2. The molecule has 0 unspecified atom stereocenters. The maximum Gasteiger partial charge on any atom is 0.339 e. The average molecular weight is 876 g/mol. The Hall–Kier alpha value is -6.36. The molecule has 2 aliphatic rings. The minimum atomic E-state index is -1.00. The Morgan fingerprint density at radius 3 is 1.48 bits per heavy atom. The highest BCUT2D eigenvalue weighted by molar-refractivity contribution is 6.31. The second-order valence-electron chi connectivity index (χ2n) is 14.7. The van der Waals surface area contributed by atoms with E-state index in [2.05, 4.69) is 9.97 Å². The van der Waals surface area contributed by atoms with Gasteiger partial charge in [-0.3, -0.25) is 9.97 Å². The zero-order chi connectivity index (χ0) is 43.6. The molecule has 2 heterocycles. The number of pyridine rings is 2. The Bertz CT molecular complexity index is 2650. The summed E-state index contributed by atoms with van der Waals surface area (Å²) in [5.74, 6) is -0.559. The van der Waals surface area contributed by atoms with Gasteiger partial charge in [-0.2, -0.15) is 0 Å². The molecule has 2 aromatic heterocycles. The third-order valence-electron chi connectivity index (χ3n) is 10.5. The normalized spacial score (nSPS) is 13.4. The Morgan fingerprint density at radius 2 is 1.03 bits per heavy atom. The highest BCUT2D eigenvalue weighted by Crippen LogP contribution is 2.45. The molecular formula is C50H42Cl2F2N2O6. The van der Waals surface area contributed by atoms with Gasteiger partial charge in [0, 0.05) is 46.0 Å². The van der Waals surface area contributed by atoms with Crippen molar-refractivity contribution in [3.05, 3.63) is 188 Å². The average Bonchev–Trinajstić information content (AvgIpc) is 3.98. The Morgan fingerprint density at radius 1 is 0.597 bits per heavy atom. The fraction of sp³-hybridized carbons (Fsp3) is 0.200. The smallest absolute Gasteiger partial charge is 0.339 e. The molecule has 0 amide bonds. The highest BCUT2D eigenvalue weighted by Gasteiger charge is 2.24. The largest absolute Gasteiger partial charge is 0.488 e. The number of hydrogen-bond acceptors (Lipinski definition) is 7. The SMILES string of the molecule is CCOC(=O)c1cncc(C2=C(c3cc(Cl)ccc3OCc3ccc(F)cc3)CCC2)c1.O=C(O)c1cncc(C2=C(c3cc(Cl)ccc3OCc3ccc(F)cc3)CCC2)c1. The van der Waals surface area contributed by atoms with Gasteiger partial charge in [-0.25, -0.2) is 18.4 Å². The van der Waals surface area contributed by atoms with E-state index < -0.39 is 5.97 Å². The fourth-order valence-electron chi connectivity index (χ4n) is 7.58. The number of carbonyl (C=O) groups excluding carboxylic acids is 1. The molecule has 62 heavy (non-hydrogen) atoms. The lowest BCUT2D eigenvalue weighted by Gasteiger charge is -2.15. The minimum Gasteiger partial charge on any atom is -0.488 e. The molecule has 316 valence electrons. The van der Waals surface area contributed by atoms with Gasteiger partial charge in [0.25, 0.3) is 0 Å². The van der Waals surface area contributed by atoms with E-state index in [0.717, 1.165) is 94.2 Å². The van der Waals surface area contributed by atoms with Crippen LogP contribution in [0.5, 0.6) is 11.5 Å². The molecule has 0 radical (unpaired) electrons. The molecule has 0 aliphatic heterocycles. The minimum absolute atomic E-state index is 0.158. The lowest BCUT2D eigenvalue weighted by atomic mass is 9.96. The van der Waals surface area contributed by atoms with Crippen LogP contribution in [-0.2, 0) is 18.0 Å². The van der Waals surface area contributed by atoms with Gasteiger partial charge in [-0.05, 0) is 163 Å². The summed E-state index contributed by atoms with van der Waals surface area (Å²) < 4.78 is 43.6. The van der Waals surface area contributed by atoms with Gasteiger partial charge in [0.15, 0.2) is 0 Å². The van der Waals surface area contributed by atoms with Crippen LogP contribution >= 0.6 is 23.2 Å². The molecule has 4 aromatic carbocycles. The number of halogens is 4. The summed E-state index contributed by atoms with van der Waals surface area (Å²) in [6.07, 6.45) is 11.7. The van der Waals surface area contributed by atoms with Gasteiger partial charge in [0.1, 0.15) is 36.3 Å². The van der Waals surface area contributed by atoms with Gasteiger partial charge in [0.05, 0.1) is 17.7 Å². The van der Waals surface area contributed by atoms with Gasteiger partial charge in [0.2, 0.25) is 0 Å². The van der Waals surface area contributed by atoms with E-state index in [4.69, 9.17) is 37.4 Å². The van der Waals surface area contributed by atoms with Crippen molar-refractivity contribution in [1.82, 2.24) is 9.97 Å². The maximum atomic E-state index is 13.2. The summed E-state index contributed by atoms with van der Waals surface area (Å²) in [6, 6.07) is 27.0. The van der Waals surface area contributed by atoms with Crippen LogP contribution in [-0.4, -0.2) is 33.6 Å². The molecule has 0 atom stereocenters. The number of aromatic carboxylic acids is 1. The van der Waals surface area contributed by atoms with Crippen LogP contribution in [0.3, 0.4) is 0 Å². The van der Waals surface area contributed by atoms with Crippen LogP contribution in [0.15, 0.2) is 122 Å². The van der Waals surface area contributed by atoms with Crippen molar-refractivity contribution in [2.45, 2.75) is 58.7 Å². The first-order chi connectivity index (χ1) is 30.1. The van der Waals surface area contributed by atoms with E-state index in [0.29, 0.717) is 46.9 Å².